The Balaban J connectivity index is 2.34. The van der Waals surface area contributed by atoms with Crippen molar-refractivity contribution in [3.8, 4) is 0 Å². The molecule has 0 spiro atoms. The van der Waals surface area contributed by atoms with Crippen LogP contribution in [0.4, 0.5) is 15.8 Å². The van der Waals surface area contributed by atoms with E-state index in [0.29, 0.717) is 9.33 Å². The van der Waals surface area contributed by atoms with Crippen molar-refractivity contribution in [3.05, 3.63) is 58.3 Å². The highest BCUT2D eigenvalue weighted by Crippen LogP contribution is 2.26. The molecule has 0 aliphatic heterocycles. The number of halogens is 3. The van der Waals surface area contributed by atoms with Gasteiger partial charge in [-0.25, -0.2) is 8.70 Å². The highest BCUT2D eigenvalue weighted by molar-refractivity contribution is 7.90. The second-order valence-corrected chi connectivity index (χ2v) is 8.33. The number of amides is 1. The summed E-state index contributed by atoms with van der Waals surface area (Å²) in [5.74, 6) is -1.48. The van der Waals surface area contributed by atoms with Crippen molar-refractivity contribution in [2.45, 2.75) is 0 Å². The maximum atomic E-state index is 14.1. The maximum absolute atomic E-state index is 14.1. The van der Waals surface area contributed by atoms with E-state index in [9.17, 15) is 17.6 Å². The van der Waals surface area contributed by atoms with Gasteiger partial charge in [-0.3, -0.25) is 4.79 Å². The van der Waals surface area contributed by atoms with Gasteiger partial charge in [0, 0.05) is 19.1 Å². The van der Waals surface area contributed by atoms with Gasteiger partial charge < -0.3 is 5.32 Å². The predicted octanol–water partition coefficient (Wildman–Crippen LogP) is 3.38. The first kappa shape index (κ1) is 20.4. The number of nitrogens with one attached hydrogen (secondary N) is 1. The number of benzene rings is 2. The Kier molecular flexibility index (Phi) is 6.46. The van der Waals surface area contributed by atoms with Crippen LogP contribution in [-0.2, 0) is 15.0 Å². The average Bonchev–Trinajstić information content (AvgIpc) is 2.56. The van der Waals surface area contributed by atoms with Crippen LogP contribution in [0.15, 0.2) is 42.5 Å². The van der Waals surface area contributed by atoms with Crippen LogP contribution in [-0.4, -0.2) is 39.3 Å². The first-order chi connectivity index (χ1) is 12.1. The molecule has 6 nitrogen and oxygen atoms in total. The summed E-state index contributed by atoms with van der Waals surface area (Å²) < 4.78 is 40.8. The molecule has 2 aromatic carbocycles. The summed E-state index contributed by atoms with van der Waals surface area (Å²) in [6, 6.07) is 9.74. The molecular formula is C16H16Cl2FN3O3S. The van der Waals surface area contributed by atoms with Crippen LogP contribution in [0.2, 0.25) is 10.0 Å². The van der Waals surface area contributed by atoms with Gasteiger partial charge in [0.2, 0.25) is 5.91 Å². The van der Waals surface area contributed by atoms with E-state index < -0.39 is 28.5 Å². The zero-order valence-corrected chi connectivity index (χ0v) is 16.2. The summed E-state index contributed by atoms with van der Waals surface area (Å²) >= 11 is 11.9. The second kappa shape index (κ2) is 8.22. The van der Waals surface area contributed by atoms with E-state index in [2.05, 4.69) is 5.32 Å². The zero-order valence-electron chi connectivity index (χ0n) is 13.9. The fourth-order valence-corrected chi connectivity index (χ4v) is 3.46. The molecule has 2 rings (SSSR count). The van der Waals surface area contributed by atoms with Crippen molar-refractivity contribution >= 4 is 50.7 Å². The quantitative estimate of drug-likeness (QED) is 0.779. The lowest BCUT2D eigenvalue weighted by atomic mass is 10.3. The van der Waals surface area contributed by atoms with Crippen LogP contribution in [0.1, 0.15) is 0 Å². The number of carbonyl (C=O) groups excluding carboxylic acids is 1. The zero-order chi connectivity index (χ0) is 19.5. The van der Waals surface area contributed by atoms with Gasteiger partial charge in [0.1, 0.15) is 12.4 Å². The van der Waals surface area contributed by atoms with Crippen molar-refractivity contribution in [1.82, 2.24) is 4.31 Å². The molecule has 0 aliphatic carbocycles. The number of rotatable bonds is 6. The van der Waals surface area contributed by atoms with Gasteiger partial charge in [-0.15, -0.1) is 0 Å². The molecule has 0 saturated heterocycles. The van der Waals surface area contributed by atoms with E-state index in [1.165, 1.54) is 44.4 Å². The molecule has 0 bridgehead atoms. The van der Waals surface area contributed by atoms with Gasteiger partial charge in [-0.1, -0.05) is 35.3 Å². The highest BCUT2D eigenvalue weighted by Gasteiger charge is 2.29. The Morgan fingerprint density at radius 1 is 1.15 bits per heavy atom. The van der Waals surface area contributed by atoms with E-state index >= 15 is 0 Å². The number of hydrogen-bond donors (Lipinski definition) is 1. The van der Waals surface area contributed by atoms with E-state index in [4.69, 9.17) is 23.2 Å². The van der Waals surface area contributed by atoms with Crippen molar-refractivity contribution in [1.29, 1.82) is 0 Å². The Hall–Kier alpha value is -1.87. The number of para-hydroxylation sites is 1. The van der Waals surface area contributed by atoms with E-state index in [-0.39, 0.29) is 16.4 Å². The molecule has 10 heteroatoms. The molecule has 1 N–H and O–H groups in total. The third-order valence-corrected chi connectivity index (χ3v) is 5.72. The fraction of sp³-hybridized carbons (Fsp3) is 0.188. The molecule has 0 aliphatic rings. The molecule has 0 saturated carbocycles. The maximum Gasteiger partial charge on any atom is 0.304 e. The van der Waals surface area contributed by atoms with Gasteiger partial charge in [0.25, 0.3) is 0 Å². The van der Waals surface area contributed by atoms with Gasteiger partial charge in [0.15, 0.2) is 0 Å². The summed E-state index contributed by atoms with van der Waals surface area (Å²) in [4.78, 5) is 12.4. The normalized spacial score (nSPS) is 11.5. The minimum absolute atomic E-state index is 0.222. The lowest BCUT2D eigenvalue weighted by Crippen LogP contribution is -2.44. The van der Waals surface area contributed by atoms with Crippen molar-refractivity contribution < 1.29 is 17.6 Å². The molecule has 0 aromatic heterocycles. The topological polar surface area (TPSA) is 69.7 Å². The van der Waals surface area contributed by atoms with Crippen molar-refractivity contribution in [3.63, 3.8) is 0 Å². The SMILES string of the molecule is CN(C)S(=O)(=O)N(CC(=O)Nc1cc(Cl)ccc1Cl)c1ccccc1F. The van der Waals surface area contributed by atoms with Crippen LogP contribution in [0.25, 0.3) is 0 Å². The Morgan fingerprint density at radius 2 is 1.81 bits per heavy atom. The molecule has 0 radical (unpaired) electrons. The first-order valence-corrected chi connectivity index (χ1v) is 9.48. The standard InChI is InChI=1S/C16H16Cl2FN3O3S/c1-21(2)26(24,25)22(15-6-4-3-5-13(15)19)10-16(23)20-14-9-11(17)7-8-12(14)18/h3-9H,10H2,1-2H3,(H,20,23). The van der Waals surface area contributed by atoms with Crippen molar-refractivity contribution in [2.24, 2.45) is 0 Å². The predicted molar refractivity (Wildman–Crippen MR) is 101 cm³/mol. The molecular weight excluding hydrogens is 404 g/mol. The van der Waals surface area contributed by atoms with Gasteiger partial charge in [-0.2, -0.15) is 12.7 Å². The van der Waals surface area contributed by atoms with E-state index in [0.717, 1.165) is 10.4 Å². The lowest BCUT2D eigenvalue weighted by Gasteiger charge is -2.27. The van der Waals surface area contributed by atoms with Crippen LogP contribution in [0, 0.1) is 5.82 Å². The summed E-state index contributed by atoms with van der Waals surface area (Å²) in [5, 5.41) is 3.06. The molecule has 140 valence electrons. The third-order valence-electron chi connectivity index (χ3n) is 3.35. The van der Waals surface area contributed by atoms with E-state index in [1.54, 1.807) is 6.07 Å². The molecule has 2 aromatic rings. The van der Waals surface area contributed by atoms with Crippen LogP contribution in [0.5, 0.6) is 0 Å². The van der Waals surface area contributed by atoms with Gasteiger partial charge in [-0.05, 0) is 30.3 Å². The lowest BCUT2D eigenvalue weighted by molar-refractivity contribution is -0.114. The highest BCUT2D eigenvalue weighted by atomic mass is 35.5. The van der Waals surface area contributed by atoms with Crippen LogP contribution in [0.3, 0.4) is 0 Å². The molecule has 0 fully saturated rings. The summed E-state index contributed by atoms with van der Waals surface area (Å²) in [5.41, 5.74) is -0.0200. The summed E-state index contributed by atoms with van der Waals surface area (Å²) in [6.45, 7) is -0.649. The molecule has 0 atom stereocenters. The fourth-order valence-electron chi connectivity index (χ4n) is 2.06. The second-order valence-electron chi connectivity index (χ2n) is 5.42. The first-order valence-electron chi connectivity index (χ1n) is 7.32. The largest absolute Gasteiger partial charge is 0.323 e. The molecule has 0 heterocycles. The molecule has 0 unspecified atom stereocenters. The number of anilines is 2. The Morgan fingerprint density at radius 3 is 2.42 bits per heavy atom. The monoisotopic (exact) mass is 419 g/mol. The van der Waals surface area contributed by atoms with Gasteiger partial charge in [0.05, 0.1) is 16.4 Å². The number of hydrogen-bond acceptors (Lipinski definition) is 3. The Labute approximate surface area is 161 Å². The van der Waals surface area contributed by atoms with Crippen LogP contribution < -0.4 is 9.62 Å². The Bertz CT molecular complexity index is 923. The average molecular weight is 420 g/mol. The third kappa shape index (κ3) is 4.64. The number of carbonyl (C=O) groups is 1. The van der Waals surface area contributed by atoms with Crippen LogP contribution >= 0.6 is 23.2 Å². The minimum Gasteiger partial charge on any atom is -0.323 e. The molecule has 26 heavy (non-hydrogen) atoms. The smallest absolute Gasteiger partial charge is 0.304 e. The van der Waals surface area contributed by atoms with E-state index in [1.807, 2.05) is 0 Å². The number of nitrogens with zero attached hydrogens (tertiary/aromatic N) is 2. The minimum atomic E-state index is -4.11. The summed E-state index contributed by atoms with van der Waals surface area (Å²) in [7, 11) is -1.54. The van der Waals surface area contributed by atoms with Gasteiger partial charge >= 0.3 is 10.2 Å². The van der Waals surface area contributed by atoms with Crippen molar-refractivity contribution in [2.75, 3.05) is 30.3 Å². The summed E-state index contributed by atoms with van der Waals surface area (Å²) in [6.07, 6.45) is 0. The molecule has 1 amide bonds.